The van der Waals surface area contributed by atoms with Gasteiger partial charge in [0.25, 0.3) is 10.0 Å². The standard InChI is InChI=1S/C15H17N3O3S/c1-16-8-9-17-14(19)10-18-12-6-2-4-11-5-3-7-13(15(11)12)22(18,20)21/h2-7,16H,8-10H2,1H3,(H,17,19). The van der Waals surface area contributed by atoms with Gasteiger partial charge in [-0.25, -0.2) is 8.42 Å². The van der Waals surface area contributed by atoms with E-state index in [2.05, 4.69) is 10.6 Å². The third-order valence-electron chi connectivity index (χ3n) is 3.67. The molecule has 1 aliphatic rings. The number of rotatable bonds is 5. The summed E-state index contributed by atoms with van der Waals surface area (Å²) in [5.41, 5.74) is 0.567. The van der Waals surface area contributed by atoms with E-state index in [1.807, 2.05) is 12.1 Å². The first-order valence-corrected chi connectivity index (χ1v) is 8.45. The number of carbonyl (C=O) groups excluding carboxylic acids is 1. The summed E-state index contributed by atoms with van der Waals surface area (Å²) in [5, 5.41) is 7.16. The molecule has 0 aliphatic carbocycles. The number of hydrogen-bond donors (Lipinski definition) is 2. The minimum absolute atomic E-state index is 0.208. The van der Waals surface area contributed by atoms with Crippen LogP contribution in [0.1, 0.15) is 0 Å². The minimum atomic E-state index is -3.67. The van der Waals surface area contributed by atoms with Crippen molar-refractivity contribution in [2.75, 3.05) is 31.0 Å². The van der Waals surface area contributed by atoms with Gasteiger partial charge in [-0.15, -0.1) is 0 Å². The lowest BCUT2D eigenvalue weighted by molar-refractivity contribution is -0.119. The largest absolute Gasteiger partial charge is 0.353 e. The molecular formula is C15H17N3O3S. The highest BCUT2D eigenvalue weighted by Gasteiger charge is 2.36. The summed E-state index contributed by atoms with van der Waals surface area (Å²) in [6, 6.07) is 10.6. The van der Waals surface area contributed by atoms with Crippen molar-refractivity contribution >= 4 is 32.4 Å². The molecule has 116 valence electrons. The number of carbonyl (C=O) groups is 1. The number of nitrogens with zero attached hydrogens (tertiary/aromatic N) is 1. The molecule has 0 bridgehead atoms. The van der Waals surface area contributed by atoms with Crippen molar-refractivity contribution in [3.8, 4) is 0 Å². The summed E-state index contributed by atoms with van der Waals surface area (Å²) in [6.45, 7) is 0.883. The van der Waals surface area contributed by atoms with Crippen molar-refractivity contribution in [2.24, 2.45) is 0 Å². The minimum Gasteiger partial charge on any atom is -0.353 e. The van der Waals surface area contributed by atoms with Gasteiger partial charge in [-0.2, -0.15) is 0 Å². The third-order valence-corrected chi connectivity index (χ3v) is 5.47. The molecule has 0 saturated heterocycles. The van der Waals surface area contributed by atoms with Gasteiger partial charge in [-0.1, -0.05) is 24.3 Å². The van der Waals surface area contributed by atoms with Crippen LogP contribution in [0, 0.1) is 0 Å². The zero-order valence-corrected chi connectivity index (χ0v) is 13.0. The molecule has 0 saturated carbocycles. The van der Waals surface area contributed by atoms with Gasteiger partial charge in [0.2, 0.25) is 5.91 Å². The Kier molecular flexibility index (Phi) is 3.76. The van der Waals surface area contributed by atoms with Gasteiger partial charge < -0.3 is 10.6 Å². The number of anilines is 1. The van der Waals surface area contributed by atoms with E-state index in [0.29, 0.717) is 24.2 Å². The number of amides is 1. The molecule has 2 aromatic carbocycles. The molecule has 0 unspecified atom stereocenters. The highest BCUT2D eigenvalue weighted by molar-refractivity contribution is 7.93. The van der Waals surface area contributed by atoms with Crippen molar-refractivity contribution in [1.82, 2.24) is 10.6 Å². The van der Waals surface area contributed by atoms with Crippen LogP contribution in [-0.4, -0.2) is 41.0 Å². The van der Waals surface area contributed by atoms with E-state index in [1.165, 1.54) is 4.31 Å². The van der Waals surface area contributed by atoms with Crippen LogP contribution in [0.2, 0.25) is 0 Å². The fourth-order valence-corrected chi connectivity index (χ4v) is 4.31. The Morgan fingerprint density at radius 1 is 1.14 bits per heavy atom. The van der Waals surface area contributed by atoms with Crippen molar-refractivity contribution < 1.29 is 13.2 Å². The van der Waals surface area contributed by atoms with Gasteiger partial charge in [-0.05, 0) is 24.6 Å². The number of benzene rings is 2. The highest BCUT2D eigenvalue weighted by atomic mass is 32.2. The van der Waals surface area contributed by atoms with Crippen molar-refractivity contribution in [3.05, 3.63) is 36.4 Å². The SMILES string of the molecule is CNCCNC(=O)CN1c2cccc3cccc(c23)S1(=O)=O. The van der Waals surface area contributed by atoms with Crippen molar-refractivity contribution in [1.29, 1.82) is 0 Å². The zero-order valence-electron chi connectivity index (χ0n) is 12.2. The maximum absolute atomic E-state index is 12.7. The fourth-order valence-electron chi connectivity index (χ4n) is 2.64. The molecule has 0 aromatic heterocycles. The van der Waals surface area contributed by atoms with Crippen molar-refractivity contribution in [2.45, 2.75) is 4.90 Å². The Bertz CT molecular complexity index is 828. The molecule has 1 heterocycles. The van der Waals surface area contributed by atoms with Gasteiger partial charge >= 0.3 is 0 Å². The Balaban J connectivity index is 1.94. The van der Waals surface area contributed by atoms with Crippen LogP contribution in [0.3, 0.4) is 0 Å². The van der Waals surface area contributed by atoms with Crippen LogP contribution >= 0.6 is 0 Å². The first-order chi connectivity index (χ1) is 10.6. The molecule has 1 amide bonds. The molecule has 22 heavy (non-hydrogen) atoms. The summed E-state index contributed by atoms with van der Waals surface area (Å²) < 4.78 is 26.5. The first-order valence-electron chi connectivity index (χ1n) is 7.01. The molecule has 2 N–H and O–H groups in total. The van der Waals surface area contributed by atoms with Gasteiger partial charge in [0.1, 0.15) is 6.54 Å². The average Bonchev–Trinajstić information content (AvgIpc) is 2.71. The summed E-state index contributed by atoms with van der Waals surface area (Å²) in [5.74, 6) is -0.316. The van der Waals surface area contributed by atoms with Gasteiger partial charge in [0.05, 0.1) is 10.6 Å². The Labute approximate surface area is 129 Å². The normalized spacial score (nSPS) is 15.2. The smallest absolute Gasteiger partial charge is 0.265 e. The molecule has 2 aromatic rings. The Morgan fingerprint density at radius 2 is 1.86 bits per heavy atom. The number of sulfonamides is 1. The van der Waals surface area contributed by atoms with Crippen LogP contribution in [0.5, 0.6) is 0 Å². The second-order valence-corrected chi connectivity index (χ2v) is 6.93. The number of hydrogen-bond acceptors (Lipinski definition) is 4. The second kappa shape index (κ2) is 5.58. The summed E-state index contributed by atoms with van der Waals surface area (Å²) in [7, 11) is -1.88. The predicted octanol–water partition coefficient (Wildman–Crippen LogP) is 0.684. The summed E-state index contributed by atoms with van der Waals surface area (Å²) in [6.07, 6.45) is 0. The molecule has 7 heteroatoms. The fraction of sp³-hybridized carbons (Fsp3) is 0.267. The zero-order chi connectivity index (χ0) is 15.7. The van der Waals surface area contributed by atoms with Crippen LogP contribution in [-0.2, 0) is 14.8 Å². The number of nitrogens with one attached hydrogen (secondary N) is 2. The number of likely N-dealkylation sites (N-methyl/N-ethyl adjacent to an activating group) is 1. The van der Waals surface area contributed by atoms with Gasteiger partial charge in [-0.3, -0.25) is 9.10 Å². The lowest BCUT2D eigenvalue weighted by atomic mass is 10.1. The van der Waals surface area contributed by atoms with Crippen LogP contribution in [0.25, 0.3) is 10.8 Å². The van der Waals surface area contributed by atoms with E-state index < -0.39 is 10.0 Å². The van der Waals surface area contributed by atoms with Crippen LogP contribution in [0.4, 0.5) is 5.69 Å². The third kappa shape index (κ3) is 2.32. The van der Waals surface area contributed by atoms with Crippen molar-refractivity contribution in [3.63, 3.8) is 0 Å². The lowest BCUT2D eigenvalue weighted by Gasteiger charge is -2.18. The monoisotopic (exact) mass is 319 g/mol. The highest BCUT2D eigenvalue weighted by Crippen LogP contribution is 2.41. The van der Waals surface area contributed by atoms with Crippen LogP contribution in [0.15, 0.2) is 41.3 Å². The molecule has 0 fully saturated rings. The van der Waals surface area contributed by atoms with E-state index in [9.17, 15) is 13.2 Å². The van der Waals surface area contributed by atoms with E-state index in [1.54, 1.807) is 31.3 Å². The maximum atomic E-state index is 12.7. The Morgan fingerprint density at radius 3 is 2.59 bits per heavy atom. The molecule has 1 aliphatic heterocycles. The topological polar surface area (TPSA) is 78.5 Å². The molecule has 0 atom stereocenters. The molecule has 6 nitrogen and oxygen atoms in total. The summed E-state index contributed by atoms with van der Waals surface area (Å²) in [4.78, 5) is 12.3. The quantitative estimate of drug-likeness (QED) is 0.795. The van der Waals surface area contributed by atoms with Gasteiger partial charge in [0, 0.05) is 18.5 Å². The van der Waals surface area contributed by atoms with E-state index in [4.69, 9.17) is 0 Å². The maximum Gasteiger partial charge on any atom is 0.265 e. The summed E-state index contributed by atoms with van der Waals surface area (Å²) >= 11 is 0. The van der Waals surface area contributed by atoms with E-state index in [0.717, 1.165) is 5.39 Å². The average molecular weight is 319 g/mol. The molecule has 3 rings (SSSR count). The predicted molar refractivity (Wildman–Crippen MR) is 85.4 cm³/mol. The lowest BCUT2D eigenvalue weighted by Crippen LogP contribution is -2.40. The van der Waals surface area contributed by atoms with E-state index in [-0.39, 0.29) is 17.3 Å². The Hall–Kier alpha value is -2.12. The first kappa shape index (κ1) is 14.8. The molecular weight excluding hydrogens is 302 g/mol. The molecule has 0 radical (unpaired) electrons. The molecule has 0 spiro atoms. The van der Waals surface area contributed by atoms with Gasteiger partial charge in [0.15, 0.2) is 0 Å². The van der Waals surface area contributed by atoms with E-state index >= 15 is 0 Å². The van der Waals surface area contributed by atoms with Crippen LogP contribution < -0.4 is 14.9 Å². The second-order valence-electron chi connectivity index (χ2n) is 5.10.